The molecule has 0 atom stereocenters. The molecule has 0 radical (unpaired) electrons. The zero-order chi connectivity index (χ0) is 15.7. The fourth-order valence-electron chi connectivity index (χ4n) is 1.92. The van der Waals surface area contributed by atoms with Gasteiger partial charge < -0.3 is 9.15 Å². The highest BCUT2D eigenvalue weighted by molar-refractivity contribution is 6.12. The van der Waals surface area contributed by atoms with Gasteiger partial charge in [-0.25, -0.2) is 9.79 Å². The molecule has 0 amide bonds. The molecule has 0 N–H and O–H groups in total. The van der Waals surface area contributed by atoms with Gasteiger partial charge in [-0.05, 0) is 31.2 Å². The van der Waals surface area contributed by atoms with Crippen molar-refractivity contribution in [2.75, 3.05) is 0 Å². The summed E-state index contributed by atoms with van der Waals surface area (Å²) in [5, 5.41) is 10.6. The standard InChI is InChI=1S/C15H10N2O5/c1-9-2-7-12(21-9)8-13-15(18)22-14(16-13)10-3-5-11(6-4-10)17(19)20/h2-8H,1H3/b13-8-. The van der Waals surface area contributed by atoms with Crippen LogP contribution in [0.3, 0.4) is 0 Å². The predicted octanol–water partition coefficient (Wildman–Crippen LogP) is 2.84. The van der Waals surface area contributed by atoms with E-state index in [1.165, 1.54) is 30.3 Å². The van der Waals surface area contributed by atoms with Crippen molar-refractivity contribution in [1.29, 1.82) is 0 Å². The number of esters is 1. The van der Waals surface area contributed by atoms with Crippen LogP contribution < -0.4 is 0 Å². The maximum Gasteiger partial charge on any atom is 0.363 e. The van der Waals surface area contributed by atoms with E-state index in [0.29, 0.717) is 11.3 Å². The molecule has 3 rings (SSSR count). The predicted molar refractivity (Wildman–Crippen MR) is 77.1 cm³/mol. The molecular formula is C15H10N2O5. The van der Waals surface area contributed by atoms with Crippen LogP contribution in [0.5, 0.6) is 0 Å². The molecule has 0 spiro atoms. The summed E-state index contributed by atoms with van der Waals surface area (Å²) in [5.41, 5.74) is 0.552. The van der Waals surface area contributed by atoms with E-state index in [0.717, 1.165) is 5.76 Å². The van der Waals surface area contributed by atoms with Gasteiger partial charge in [0, 0.05) is 23.8 Å². The molecule has 22 heavy (non-hydrogen) atoms. The highest BCUT2D eigenvalue weighted by Crippen LogP contribution is 2.21. The van der Waals surface area contributed by atoms with Crippen LogP contribution in [0.25, 0.3) is 6.08 Å². The van der Waals surface area contributed by atoms with E-state index in [1.54, 1.807) is 19.1 Å². The first kappa shape index (κ1) is 13.7. The smallest absolute Gasteiger partial charge is 0.363 e. The third-order valence-corrected chi connectivity index (χ3v) is 2.99. The van der Waals surface area contributed by atoms with E-state index in [4.69, 9.17) is 9.15 Å². The number of furan rings is 1. The average molecular weight is 298 g/mol. The van der Waals surface area contributed by atoms with E-state index in [1.807, 2.05) is 0 Å². The van der Waals surface area contributed by atoms with Crippen LogP contribution in [-0.4, -0.2) is 16.8 Å². The van der Waals surface area contributed by atoms with Crippen molar-refractivity contribution < 1.29 is 18.9 Å². The Kier molecular flexibility index (Phi) is 3.30. The topological polar surface area (TPSA) is 94.9 Å². The fraction of sp³-hybridized carbons (Fsp3) is 0.0667. The highest BCUT2D eigenvalue weighted by atomic mass is 16.6. The maximum absolute atomic E-state index is 11.8. The lowest BCUT2D eigenvalue weighted by atomic mass is 10.2. The van der Waals surface area contributed by atoms with Gasteiger partial charge in [-0.1, -0.05) is 0 Å². The number of hydrogen-bond acceptors (Lipinski definition) is 6. The monoisotopic (exact) mass is 298 g/mol. The lowest BCUT2D eigenvalue weighted by molar-refractivity contribution is -0.384. The van der Waals surface area contributed by atoms with E-state index in [2.05, 4.69) is 4.99 Å². The van der Waals surface area contributed by atoms with Crippen LogP contribution in [0.2, 0.25) is 0 Å². The Bertz CT molecular complexity index is 815. The molecule has 1 aromatic carbocycles. The third kappa shape index (κ3) is 2.64. The number of ether oxygens (including phenoxy) is 1. The van der Waals surface area contributed by atoms with Gasteiger partial charge in [0.05, 0.1) is 4.92 Å². The van der Waals surface area contributed by atoms with E-state index in [9.17, 15) is 14.9 Å². The van der Waals surface area contributed by atoms with Crippen molar-refractivity contribution in [3.8, 4) is 0 Å². The largest absolute Gasteiger partial charge is 0.462 e. The van der Waals surface area contributed by atoms with Gasteiger partial charge in [0.25, 0.3) is 5.69 Å². The van der Waals surface area contributed by atoms with Gasteiger partial charge in [-0.3, -0.25) is 10.1 Å². The molecule has 1 aromatic heterocycles. The first-order valence-electron chi connectivity index (χ1n) is 6.37. The molecule has 2 aromatic rings. The van der Waals surface area contributed by atoms with E-state index >= 15 is 0 Å². The van der Waals surface area contributed by atoms with Crippen molar-refractivity contribution in [3.05, 3.63) is 69.3 Å². The molecule has 0 bridgehead atoms. The number of rotatable bonds is 3. The van der Waals surface area contributed by atoms with Crippen LogP contribution in [0.1, 0.15) is 17.1 Å². The second kappa shape index (κ2) is 5.28. The molecular weight excluding hydrogens is 288 g/mol. The summed E-state index contributed by atoms with van der Waals surface area (Å²) in [6, 6.07) is 9.09. The lowest BCUT2D eigenvalue weighted by Crippen LogP contribution is -2.05. The third-order valence-electron chi connectivity index (χ3n) is 2.99. The normalized spacial score (nSPS) is 15.8. The molecule has 110 valence electrons. The minimum Gasteiger partial charge on any atom is -0.462 e. The van der Waals surface area contributed by atoms with Gasteiger partial charge in [0.15, 0.2) is 5.70 Å². The van der Waals surface area contributed by atoms with Gasteiger partial charge >= 0.3 is 5.97 Å². The number of nitro groups is 1. The van der Waals surface area contributed by atoms with E-state index in [-0.39, 0.29) is 17.3 Å². The zero-order valence-electron chi connectivity index (χ0n) is 11.5. The van der Waals surface area contributed by atoms with E-state index < -0.39 is 10.9 Å². The number of carbonyl (C=O) groups excluding carboxylic acids is 1. The van der Waals surface area contributed by atoms with Crippen molar-refractivity contribution in [3.63, 3.8) is 0 Å². The lowest BCUT2D eigenvalue weighted by Gasteiger charge is -1.98. The van der Waals surface area contributed by atoms with Gasteiger partial charge in [0.2, 0.25) is 5.90 Å². The van der Waals surface area contributed by atoms with Crippen LogP contribution >= 0.6 is 0 Å². The molecule has 0 aliphatic carbocycles. The quantitative estimate of drug-likeness (QED) is 0.376. The molecule has 0 saturated heterocycles. The summed E-state index contributed by atoms with van der Waals surface area (Å²) >= 11 is 0. The number of non-ortho nitro benzene ring substituents is 1. The van der Waals surface area contributed by atoms with Crippen LogP contribution in [0, 0.1) is 17.0 Å². The van der Waals surface area contributed by atoms with Gasteiger partial charge in [0.1, 0.15) is 11.5 Å². The van der Waals surface area contributed by atoms with Crippen molar-refractivity contribution in [2.45, 2.75) is 6.92 Å². The molecule has 0 saturated carbocycles. The average Bonchev–Trinajstić information content (AvgIpc) is 3.06. The fourth-order valence-corrected chi connectivity index (χ4v) is 1.92. The molecule has 7 nitrogen and oxygen atoms in total. The Morgan fingerprint density at radius 1 is 1.18 bits per heavy atom. The molecule has 0 unspecified atom stereocenters. The number of nitro benzene ring substituents is 1. The van der Waals surface area contributed by atoms with Crippen LogP contribution in [0.15, 0.2) is 51.5 Å². The van der Waals surface area contributed by atoms with Crippen LogP contribution in [0.4, 0.5) is 5.69 Å². The second-order valence-electron chi connectivity index (χ2n) is 4.59. The Morgan fingerprint density at radius 3 is 2.50 bits per heavy atom. The maximum atomic E-state index is 11.8. The number of aliphatic imine (C=N–C) groups is 1. The summed E-state index contributed by atoms with van der Waals surface area (Å²) in [6.45, 7) is 1.79. The molecule has 7 heteroatoms. The number of aryl methyl sites for hydroxylation is 1. The summed E-state index contributed by atoms with van der Waals surface area (Å²) in [4.78, 5) is 26.0. The Morgan fingerprint density at radius 2 is 1.91 bits per heavy atom. The number of nitrogens with zero attached hydrogens (tertiary/aromatic N) is 2. The Balaban J connectivity index is 1.89. The number of cyclic esters (lactones) is 1. The van der Waals surface area contributed by atoms with Gasteiger partial charge in [-0.15, -0.1) is 0 Å². The number of carbonyl (C=O) groups is 1. The molecule has 0 fully saturated rings. The SMILES string of the molecule is Cc1ccc(/C=C2\N=C(c3ccc([N+](=O)[O-])cc3)OC2=O)o1. The number of hydrogen-bond donors (Lipinski definition) is 0. The van der Waals surface area contributed by atoms with Crippen molar-refractivity contribution in [1.82, 2.24) is 0 Å². The molecule has 1 aliphatic heterocycles. The van der Waals surface area contributed by atoms with Gasteiger partial charge in [-0.2, -0.15) is 0 Å². The minimum absolute atomic E-state index is 0.0458. The highest BCUT2D eigenvalue weighted by Gasteiger charge is 2.24. The van der Waals surface area contributed by atoms with Crippen molar-refractivity contribution in [2.24, 2.45) is 4.99 Å². The zero-order valence-corrected chi connectivity index (χ0v) is 11.5. The summed E-state index contributed by atoms with van der Waals surface area (Å²) in [7, 11) is 0. The molecule has 2 heterocycles. The summed E-state index contributed by atoms with van der Waals surface area (Å²) < 4.78 is 10.4. The van der Waals surface area contributed by atoms with Crippen LogP contribution in [-0.2, 0) is 9.53 Å². The summed E-state index contributed by atoms with van der Waals surface area (Å²) in [6.07, 6.45) is 1.48. The first-order valence-corrected chi connectivity index (χ1v) is 6.37. The number of benzene rings is 1. The molecule has 1 aliphatic rings. The first-order chi connectivity index (χ1) is 10.5. The summed E-state index contributed by atoms with van der Waals surface area (Å²) in [5.74, 6) is 0.729. The minimum atomic E-state index is -0.595. The second-order valence-corrected chi connectivity index (χ2v) is 4.59. The Hall–Kier alpha value is -3.22. The van der Waals surface area contributed by atoms with Crippen molar-refractivity contribution >= 4 is 23.6 Å². The Labute approximate surface area is 124 Å².